The fraction of sp³-hybridized carbons (Fsp3) is 0.444. The van der Waals surface area contributed by atoms with Crippen molar-refractivity contribution in [3.8, 4) is 5.75 Å². The third-order valence-electron chi connectivity index (χ3n) is 3.61. The molecule has 0 amide bonds. The average Bonchev–Trinajstić information content (AvgIpc) is 3.13. The molecule has 0 aliphatic rings. The molecule has 2 rings (SSSR count). The molecule has 0 aliphatic heterocycles. The molecule has 1 unspecified atom stereocenters. The smallest absolute Gasteiger partial charge is 0.191 e. The lowest BCUT2D eigenvalue weighted by Crippen LogP contribution is -2.39. The summed E-state index contributed by atoms with van der Waals surface area (Å²) in [7, 11) is 5.55. The van der Waals surface area contributed by atoms with E-state index in [1.54, 1.807) is 18.4 Å². The van der Waals surface area contributed by atoms with Gasteiger partial charge in [-0.1, -0.05) is 12.1 Å². The molecular weight excluding hydrogens is 350 g/mol. The van der Waals surface area contributed by atoms with Gasteiger partial charge in [-0.3, -0.25) is 0 Å². The van der Waals surface area contributed by atoms with Crippen LogP contribution in [-0.4, -0.2) is 50.3 Å². The predicted octanol–water partition coefficient (Wildman–Crippen LogP) is 2.01. The lowest BCUT2D eigenvalue weighted by Gasteiger charge is -2.16. The van der Waals surface area contributed by atoms with E-state index in [4.69, 9.17) is 4.74 Å². The van der Waals surface area contributed by atoms with Gasteiger partial charge in [-0.15, -0.1) is 11.3 Å². The molecule has 7 nitrogen and oxygen atoms in total. The lowest BCUT2D eigenvalue weighted by atomic mass is 10.1. The van der Waals surface area contributed by atoms with Crippen LogP contribution in [0.4, 0.5) is 5.13 Å². The van der Waals surface area contributed by atoms with Gasteiger partial charge in [-0.2, -0.15) is 0 Å². The Hall–Kier alpha value is -2.32. The van der Waals surface area contributed by atoms with Gasteiger partial charge in [0.15, 0.2) is 11.1 Å². The molecule has 142 valence electrons. The van der Waals surface area contributed by atoms with Crippen molar-refractivity contribution in [2.75, 3.05) is 39.2 Å². The molecule has 0 aliphatic carbocycles. The Morgan fingerprint density at radius 3 is 2.85 bits per heavy atom. The molecular formula is C18H27N5O2S. The maximum Gasteiger partial charge on any atom is 0.191 e. The van der Waals surface area contributed by atoms with Gasteiger partial charge in [0.2, 0.25) is 0 Å². The van der Waals surface area contributed by atoms with E-state index >= 15 is 0 Å². The van der Waals surface area contributed by atoms with Crippen LogP contribution in [-0.2, 0) is 6.54 Å². The number of aliphatic hydroxyl groups excluding tert-OH is 1. The average molecular weight is 378 g/mol. The molecule has 2 aromatic rings. The number of aliphatic hydroxyl groups is 1. The summed E-state index contributed by atoms with van der Waals surface area (Å²) >= 11 is 1.59. The van der Waals surface area contributed by atoms with Gasteiger partial charge >= 0.3 is 0 Å². The van der Waals surface area contributed by atoms with Crippen LogP contribution in [0.1, 0.15) is 24.3 Å². The third kappa shape index (κ3) is 5.89. The van der Waals surface area contributed by atoms with Crippen molar-refractivity contribution in [1.29, 1.82) is 0 Å². The summed E-state index contributed by atoms with van der Waals surface area (Å²) < 4.78 is 5.20. The number of nitrogens with zero attached hydrogens (tertiary/aromatic N) is 3. The Labute approximate surface area is 158 Å². The number of nitrogens with one attached hydrogen (secondary N) is 2. The number of hydrogen-bond donors (Lipinski definition) is 3. The number of ether oxygens (including phenoxy) is 1. The number of guanidine groups is 1. The van der Waals surface area contributed by atoms with E-state index in [0.717, 1.165) is 28.7 Å². The standard InChI is InChI=1S/C18H27N5O2S/c1-5-19-17(20-10-14-12-26-18(22-14)23(2)3)21-11-16(24)13-7-6-8-15(9-13)25-4/h6-9,12,16,24H,5,10-11H2,1-4H3,(H2,19,20,21). The number of rotatable bonds is 8. The number of thiazole rings is 1. The lowest BCUT2D eigenvalue weighted by molar-refractivity contribution is 0.180. The van der Waals surface area contributed by atoms with Crippen molar-refractivity contribution in [1.82, 2.24) is 15.6 Å². The molecule has 3 N–H and O–H groups in total. The molecule has 0 saturated heterocycles. The number of methoxy groups -OCH3 is 1. The Balaban J connectivity index is 1.95. The largest absolute Gasteiger partial charge is 0.497 e. The first-order valence-electron chi connectivity index (χ1n) is 8.49. The molecule has 1 heterocycles. The molecule has 1 aromatic heterocycles. The summed E-state index contributed by atoms with van der Waals surface area (Å²) in [5.74, 6) is 1.37. The SMILES string of the molecule is CCNC(=NCc1csc(N(C)C)n1)NCC(O)c1cccc(OC)c1. The van der Waals surface area contributed by atoms with Crippen LogP contribution < -0.4 is 20.3 Å². The Kier molecular flexibility index (Phi) is 7.68. The maximum absolute atomic E-state index is 10.4. The second kappa shape index (κ2) is 9.98. The first-order valence-corrected chi connectivity index (χ1v) is 9.37. The van der Waals surface area contributed by atoms with Crippen LogP contribution in [0.5, 0.6) is 5.75 Å². The van der Waals surface area contributed by atoms with Crippen molar-refractivity contribution >= 4 is 22.4 Å². The van der Waals surface area contributed by atoms with E-state index in [-0.39, 0.29) is 0 Å². The van der Waals surface area contributed by atoms with E-state index in [2.05, 4.69) is 20.6 Å². The van der Waals surface area contributed by atoms with Gasteiger partial charge in [-0.25, -0.2) is 9.98 Å². The summed E-state index contributed by atoms with van der Waals surface area (Å²) in [6.07, 6.45) is -0.659. The van der Waals surface area contributed by atoms with Crippen LogP contribution in [0, 0.1) is 0 Å². The van der Waals surface area contributed by atoms with E-state index < -0.39 is 6.10 Å². The first-order chi connectivity index (χ1) is 12.5. The minimum Gasteiger partial charge on any atom is -0.497 e. The minimum absolute atomic E-state index is 0.346. The Morgan fingerprint density at radius 2 is 2.19 bits per heavy atom. The molecule has 1 aromatic carbocycles. The highest BCUT2D eigenvalue weighted by atomic mass is 32.1. The Bertz CT molecular complexity index is 717. The number of aromatic nitrogens is 1. The van der Waals surface area contributed by atoms with Gasteiger partial charge in [-0.05, 0) is 24.6 Å². The normalized spacial score (nSPS) is 12.6. The number of hydrogen-bond acceptors (Lipinski definition) is 6. The van der Waals surface area contributed by atoms with Crippen molar-refractivity contribution < 1.29 is 9.84 Å². The maximum atomic E-state index is 10.4. The van der Waals surface area contributed by atoms with Gasteiger partial charge in [0, 0.05) is 32.6 Å². The van der Waals surface area contributed by atoms with Gasteiger partial charge in [0.1, 0.15) is 5.75 Å². The number of anilines is 1. The zero-order chi connectivity index (χ0) is 18.9. The summed E-state index contributed by atoms with van der Waals surface area (Å²) in [5.41, 5.74) is 1.71. The van der Waals surface area contributed by atoms with Crippen molar-refractivity contribution in [3.63, 3.8) is 0 Å². The summed E-state index contributed by atoms with van der Waals surface area (Å²) in [6, 6.07) is 7.41. The molecule has 1 atom stereocenters. The van der Waals surface area contributed by atoms with Gasteiger partial charge in [0.25, 0.3) is 0 Å². The highest BCUT2D eigenvalue weighted by molar-refractivity contribution is 7.13. The number of benzene rings is 1. The monoisotopic (exact) mass is 377 g/mol. The van der Waals surface area contributed by atoms with Crippen LogP contribution in [0.15, 0.2) is 34.6 Å². The van der Waals surface area contributed by atoms with E-state index in [1.807, 2.05) is 55.6 Å². The molecule has 0 radical (unpaired) electrons. The topological polar surface area (TPSA) is 82.0 Å². The van der Waals surface area contributed by atoms with Crippen molar-refractivity contribution in [2.45, 2.75) is 19.6 Å². The molecule has 0 fully saturated rings. The van der Waals surface area contributed by atoms with E-state index in [9.17, 15) is 5.11 Å². The summed E-state index contributed by atoms with van der Waals surface area (Å²) in [5, 5.41) is 19.7. The Morgan fingerprint density at radius 1 is 1.38 bits per heavy atom. The van der Waals surface area contributed by atoms with E-state index in [1.165, 1.54) is 0 Å². The minimum atomic E-state index is -0.659. The fourth-order valence-electron chi connectivity index (χ4n) is 2.24. The third-order valence-corrected chi connectivity index (χ3v) is 4.66. The van der Waals surface area contributed by atoms with Crippen molar-refractivity contribution in [2.24, 2.45) is 4.99 Å². The zero-order valence-corrected chi connectivity index (χ0v) is 16.5. The highest BCUT2D eigenvalue weighted by Gasteiger charge is 2.10. The predicted molar refractivity (Wildman–Crippen MR) is 107 cm³/mol. The first kappa shape index (κ1) is 20.0. The second-order valence-corrected chi connectivity index (χ2v) is 6.72. The molecule has 0 spiro atoms. The zero-order valence-electron chi connectivity index (χ0n) is 15.7. The van der Waals surface area contributed by atoms with Crippen molar-refractivity contribution in [3.05, 3.63) is 40.9 Å². The van der Waals surface area contributed by atoms with Crippen LogP contribution in [0.25, 0.3) is 0 Å². The molecule has 26 heavy (non-hydrogen) atoms. The second-order valence-electron chi connectivity index (χ2n) is 5.88. The molecule has 0 bridgehead atoms. The van der Waals surface area contributed by atoms with Crippen LogP contribution >= 0.6 is 11.3 Å². The van der Waals surface area contributed by atoms with Crippen LogP contribution in [0.3, 0.4) is 0 Å². The fourth-order valence-corrected chi connectivity index (χ4v) is 2.99. The highest BCUT2D eigenvalue weighted by Crippen LogP contribution is 2.19. The molecule has 8 heteroatoms. The van der Waals surface area contributed by atoms with Crippen LogP contribution in [0.2, 0.25) is 0 Å². The van der Waals surface area contributed by atoms with Gasteiger partial charge < -0.3 is 25.4 Å². The number of aliphatic imine (C=N–C) groups is 1. The summed E-state index contributed by atoms with van der Waals surface area (Å²) in [6.45, 7) is 3.57. The van der Waals surface area contributed by atoms with Gasteiger partial charge in [0.05, 0.1) is 25.5 Å². The van der Waals surface area contributed by atoms with E-state index in [0.29, 0.717) is 19.0 Å². The quantitative estimate of drug-likeness (QED) is 0.482. The molecule has 0 saturated carbocycles. The summed E-state index contributed by atoms with van der Waals surface area (Å²) in [4.78, 5) is 11.0.